The van der Waals surface area contributed by atoms with E-state index in [1.165, 1.54) is 4.80 Å². The van der Waals surface area contributed by atoms with Crippen LogP contribution in [0.25, 0.3) is 0 Å². The number of likely N-dealkylation sites (N-methyl/N-ethyl adjacent to an activating group) is 1. The largest absolute Gasteiger partial charge is 0.305 e. The van der Waals surface area contributed by atoms with E-state index in [0.717, 1.165) is 25.5 Å². The molecule has 1 saturated heterocycles. The molecule has 0 bridgehead atoms. The highest BCUT2D eigenvalue weighted by Crippen LogP contribution is 2.20. The summed E-state index contributed by atoms with van der Waals surface area (Å²) in [4.78, 5) is 6.21. The lowest BCUT2D eigenvalue weighted by molar-refractivity contribution is 0.248. The standard InChI is InChI=1S/C10H20N6/c1-8-5-16(6-9(8)14(2)3)7-10-11-13-15(4)12-10/h8-9H,5-7H2,1-4H3. The van der Waals surface area contributed by atoms with Gasteiger partial charge < -0.3 is 4.90 Å². The lowest BCUT2D eigenvalue weighted by Gasteiger charge is -2.22. The first kappa shape index (κ1) is 11.5. The van der Waals surface area contributed by atoms with Crippen molar-refractivity contribution in [1.82, 2.24) is 30.0 Å². The Kier molecular flexibility index (Phi) is 3.20. The Morgan fingerprint density at radius 1 is 1.38 bits per heavy atom. The van der Waals surface area contributed by atoms with Gasteiger partial charge in [-0.1, -0.05) is 6.92 Å². The van der Waals surface area contributed by atoms with E-state index in [1.54, 1.807) is 7.05 Å². The molecule has 2 atom stereocenters. The molecule has 1 fully saturated rings. The molecule has 0 aromatic carbocycles. The van der Waals surface area contributed by atoms with Crippen LogP contribution in [0, 0.1) is 5.92 Å². The third-order valence-electron chi connectivity index (χ3n) is 3.23. The molecule has 16 heavy (non-hydrogen) atoms. The van der Waals surface area contributed by atoms with Gasteiger partial charge in [0.1, 0.15) is 0 Å². The van der Waals surface area contributed by atoms with Gasteiger partial charge in [-0.2, -0.15) is 4.80 Å². The first-order chi connectivity index (χ1) is 7.56. The first-order valence-electron chi connectivity index (χ1n) is 5.68. The molecule has 1 aliphatic heterocycles. The fraction of sp³-hybridized carbons (Fsp3) is 0.900. The van der Waals surface area contributed by atoms with Crippen LogP contribution in [-0.2, 0) is 13.6 Å². The van der Waals surface area contributed by atoms with Crippen LogP contribution in [0.2, 0.25) is 0 Å². The van der Waals surface area contributed by atoms with Crippen LogP contribution in [0.4, 0.5) is 0 Å². The molecule has 0 amide bonds. The van der Waals surface area contributed by atoms with Gasteiger partial charge in [0, 0.05) is 19.1 Å². The van der Waals surface area contributed by atoms with Gasteiger partial charge in [-0.3, -0.25) is 4.90 Å². The predicted molar refractivity (Wildman–Crippen MR) is 60.7 cm³/mol. The molecular weight excluding hydrogens is 204 g/mol. The SMILES string of the molecule is CC1CN(Cc2nnn(C)n2)CC1N(C)C. The van der Waals surface area contributed by atoms with Crippen molar-refractivity contribution in [1.29, 1.82) is 0 Å². The summed E-state index contributed by atoms with van der Waals surface area (Å²) < 4.78 is 0. The fourth-order valence-corrected chi connectivity index (χ4v) is 2.44. The Labute approximate surface area is 96.2 Å². The van der Waals surface area contributed by atoms with Crippen LogP contribution >= 0.6 is 0 Å². The van der Waals surface area contributed by atoms with E-state index in [9.17, 15) is 0 Å². The molecule has 2 heterocycles. The average Bonchev–Trinajstić information content (AvgIpc) is 2.73. The van der Waals surface area contributed by atoms with Crippen LogP contribution in [0.5, 0.6) is 0 Å². The first-order valence-corrected chi connectivity index (χ1v) is 5.68. The van der Waals surface area contributed by atoms with Crippen LogP contribution in [0.3, 0.4) is 0 Å². The molecule has 0 radical (unpaired) electrons. The van der Waals surface area contributed by atoms with Crippen molar-refractivity contribution in [2.45, 2.75) is 19.5 Å². The quantitative estimate of drug-likeness (QED) is 0.699. The second kappa shape index (κ2) is 4.47. The highest BCUT2D eigenvalue weighted by molar-refractivity contribution is 4.89. The Bertz CT molecular complexity index is 347. The second-order valence-corrected chi connectivity index (χ2v) is 4.90. The Morgan fingerprint density at radius 3 is 2.62 bits per heavy atom. The van der Waals surface area contributed by atoms with Gasteiger partial charge in [0.05, 0.1) is 13.6 Å². The zero-order chi connectivity index (χ0) is 11.7. The Balaban J connectivity index is 1.93. The highest BCUT2D eigenvalue weighted by atomic mass is 15.6. The predicted octanol–water partition coefficient (Wildman–Crippen LogP) is -0.408. The molecule has 1 aromatic heterocycles. The van der Waals surface area contributed by atoms with Gasteiger partial charge in [-0.05, 0) is 25.2 Å². The van der Waals surface area contributed by atoms with E-state index < -0.39 is 0 Å². The van der Waals surface area contributed by atoms with Crippen molar-refractivity contribution in [2.75, 3.05) is 27.2 Å². The summed E-state index contributed by atoms with van der Waals surface area (Å²) in [6.45, 7) is 5.31. The zero-order valence-corrected chi connectivity index (χ0v) is 10.5. The van der Waals surface area contributed by atoms with E-state index in [-0.39, 0.29) is 0 Å². The number of hydrogen-bond donors (Lipinski definition) is 0. The maximum absolute atomic E-state index is 4.21. The molecule has 6 heteroatoms. The molecule has 1 aliphatic rings. The summed E-state index contributed by atoms with van der Waals surface area (Å²) in [6.07, 6.45) is 0. The number of aryl methyl sites for hydroxylation is 1. The van der Waals surface area contributed by atoms with Crippen molar-refractivity contribution in [2.24, 2.45) is 13.0 Å². The molecule has 1 aromatic rings. The van der Waals surface area contributed by atoms with Gasteiger partial charge in [-0.15, -0.1) is 10.2 Å². The summed E-state index contributed by atoms with van der Waals surface area (Å²) in [5.74, 6) is 1.51. The number of nitrogens with zero attached hydrogens (tertiary/aromatic N) is 6. The van der Waals surface area contributed by atoms with Crippen LogP contribution in [0.15, 0.2) is 0 Å². The molecule has 0 spiro atoms. The third-order valence-corrected chi connectivity index (χ3v) is 3.23. The van der Waals surface area contributed by atoms with Crippen molar-refractivity contribution >= 4 is 0 Å². The molecule has 0 aliphatic carbocycles. The summed E-state index contributed by atoms with van der Waals surface area (Å²) in [7, 11) is 6.09. The molecule has 90 valence electrons. The Hall–Kier alpha value is -1.01. The zero-order valence-electron chi connectivity index (χ0n) is 10.5. The molecule has 2 unspecified atom stereocenters. The highest BCUT2D eigenvalue weighted by Gasteiger charge is 2.31. The van der Waals surface area contributed by atoms with E-state index in [0.29, 0.717) is 12.0 Å². The molecular formula is C10H20N6. The molecule has 0 saturated carbocycles. The third kappa shape index (κ3) is 2.38. The number of hydrogen-bond acceptors (Lipinski definition) is 5. The average molecular weight is 224 g/mol. The summed E-state index contributed by atoms with van der Waals surface area (Å²) in [6, 6.07) is 0.636. The lowest BCUT2D eigenvalue weighted by atomic mass is 10.1. The summed E-state index contributed by atoms with van der Waals surface area (Å²) >= 11 is 0. The smallest absolute Gasteiger partial charge is 0.188 e. The maximum Gasteiger partial charge on any atom is 0.188 e. The molecule has 0 N–H and O–H groups in total. The van der Waals surface area contributed by atoms with E-state index in [4.69, 9.17) is 0 Å². The van der Waals surface area contributed by atoms with Gasteiger partial charge in [0.15, 0.2) is 5.82 Å². The van der Waals surface area contributed by atoms with E-state index >= 15 is 0 Å². The minimum atomic E-state index is 0.636. The van der Waals surface area contributed by atoms with Crippen molar-refractivity contribution in [3.05, 3.63) is 5.82 Å². The number of aromatic nitrogens is 4. The minimum Gasteiger partial charge on any atom is -0.305 e. The van der Waals surface area contributed by atoms with Gasteiger partial charge >= 0.3 is 0 Å². The second-order valence-electron chi connectivity index (χ2n) is 4.90. The van der Waals surface area contributed by atoms with Crippen LogP contribution < -0.4 is 0 Å². The van der Waals surface area contributed by atoms with Gasteiger partial charge in [-0.25, -0.2) is 0 Å². The van der Waals surface area contributed by atoms with Gasteiger partial charge in [0.2, 0.25) is 0 Å². The number of likely N-dealkylation sites (tertiary alicyclic amines) is 1. The van der Waals surface area contributed by atoms with E-state index in [1.807, 2.05) is 0 Å². The summed E-state index contributed by atoms with van der Waals surface area (Å²) in [5.41, 5.74) is 0. The van der Waals surface area contributed by atoms with Crippen molar-refractivity contribution in [3.8, 4) is 0 Å². The topological polar surface area (TPSA) is 50.1 Å². The van der Waals surface area contributed by atoms with E-state index in [2.05, 4.69) is 46.2 Å². The van der Waals surface area contributed by atoms with Gasteiger partial charge in [0.25, 0.3) is 0 Å². The number of tetrazole rings is 1. The monoisotopic (exact) mass is 224 g/mol. The maximum atomic E-state index is 4.21. The molecule has 2 rings (SSSR count). The summed E-state index contributed by atoms with van der Waals surface area (Å²) in [5, 5.41) is 12.1. The normalized spacial score (nSPS) is 26.8. The Morgan fingerprint density at radius 2 is 2.12 bits per heavy atom. The fourth-order valence-electron chi connectivity index (χ4n) is 2.44. The van der Waals surface area contributed by atoms with Crippen molar-refractivity contribution in [3.63, 3.8) is 0 Å². The molecule has 6 nitrogen and oxygen atoms in total. The van der Waals surface area contributed by atoms with Crippen LogP contribution in [0.1, 0.15) is 12.7 Å². The van der Waals surface area contributed by atoms with Crippen molar-refractivity contribution < 1.29 is 0 Å². The van der Waals surface area contributed by atoms with Crippen LogP contribution in [-0.4, -0.2) is 63.2 Å². The minimum absolute atomic E-state index is 0.636. The number of rotatable bonds is 3. The lowest BCUT2D eigenvalue weighted by Crippen LogP contribution is -2.34.